The monoisotopic (exact) mass is 436 g/mol. The summed E-state index contributed by atoms with van der Waals surface area (Å²) >= 11 is 1.50. The van der Waals surface area contributed by atoms with Crippen molar-refractivity contribution in [3.05, 3.63) is 66.4 Å². The summed E-state index contributed by atoms with van der Waals surface area (Å²) in [7, 11) is 0. The molecule has 1 saturated heterocycles. The Hall–Kier alpha value is -3.33. The van der Waals surface area contributed by atoms with E-state index in [1.54, 1.807) is 22.8 Å². The van der Waals surface area contributed by atoms with Crippen molar-refractivity contribution in [2.75, 3.05) is 18.0 Å². The number of carbonyl (C=O) groups is 1. The second-order valence-corrected chi connectivity index (χ2v) is 8.50. The van der Waals surface area contributed by atoms with Crippen LogP contribution in [0.25, 0.3) is 16.2 Å². The average molecular weight is 437 g/mol. The van der Waals surface area contributed by atoms with Crippen molar-refractivity contribution in [1.29, 1.82) is 0 Å². The van der Waals surface area contributed by atoms with Crippen molar-refractivity contribution in [2.24, 2.45) is 5.92 Å². The van der Waals surface area contributed by atoms with Crippen molar-refractivity contribution >= 4 is 27.3 Å². The van der Waals surface area contributed by atoms with Gasteiger partial charge in [-0.05, 0) is 49.2 Å². The van der Waals surface area contributed by atoms with E-state index in [4.69, 9.17) is 0 Å². The van der Waals surface area contributed by atoms with Crippen LogP contribution in [0.2, 0.25) is 0 Å². The molecule has 0 spiro atoms. The fraction of sp³-hybridized carbons (Fsp3) is 0.273. The number of halogens is 1. The van der Waals surface area contributed by atoms with E-state index in [-0.39, 0.29) is 17.6 Å². The van der Waals surface area contributed by atoms with Crippen LogP contribution in [-0.4, -0.2) is 38.6 Å². The number of anilines is 1. The maximum atomic E-state index is 13.2. The number of carbonyl (C=O) groups excluding carboxylic acids is 1. The lowest BCUT2D eigenvalue weighted by Crippen LogP contribution is -2.43. The Bertz CT molecular complexity index is 1160. The third kappa shape index (κ3) is 4.27. The number of piperidine rings is 1. The number of hydrogen-bond donors (Lipinski definition) is 1. The summed E-state index contributed by atoms with van der Waals surface area (Å²) in [5.41, 5.74) is 2.46. The number of pyridine rings is 1. The predicted molar refractivity (Wildman–Crippen MR) is 117 cm³/mol. The molecular formula is C22H21FN6OS. The highest BCUT2D eigenvalue weighted by Crippen LogP contribution is 2.29. The van der Waals surface area contributed by atoms with E-state index in [2.05, 4.69) is 25.3 Å². The van der Waals surface area contributed by atoms with Crippen LogP contribution in [0, 0.1) is 11.7 Å². The molecule has 158 valence electrons. The topological polar surface area (TPSA) is 75.4 Å². The summed E-state index contributed by atoms with van der Waals surface area (Å²) in [6, 6.07) is 11.9. The molecule has 3 aromatic heterocycles. The number of amides is 1. The number of hydrogen-bond acceptors (Lipinski definition) is 6. The number of nitrogens with one attached hydrogen (secondary N) is 1. The fourth-order valence-electron chi connectivity index (χ4n) is 3.77. The minimum atomic E-state index is -0.270. The zero-order valence-corrected chi connectivity index (χ0v) is 17.6. The summed E-state index contributed by atoms with van der Waals surface area (Å²) in [5.74, 6) is -0.298. The molecular weight excluding hydrogens is 415 g/mol. The van der Waals surface area contributed by atoms with Gasteiger partial charge in [0.1, 0.15) is 5.82 Å². The minimum absolute atomic E-state index is 0.0512. The molecule has 1 atom stereocenters. The van der Waals surface area contributed by atoms with Gasteiger partial charge in [0.2, 0.25) is 16.0 Å². The van der Waals surface area contributed by atoms with E-state index in [1.165, 1.54) is 23.5 Å². The highest BCUT2D eigenvalue weighted by molar-refractivity contribution is 7.20. The van der Waals surface area contributed by atoms with Gasteiger partial charge in [-0.25, -0.2) is 13.9 Å². The van der Waals surface area contributed by atoms with Crippen LogP contribution in [0.4, 0.5) is 9.52 Å². The lowest BCUT2D eigenvalue weighted by Gasteiger charge is -2.31. The molecule has 0 saturated carbocycles. The summed E-state index contributed by atoms with van der Waals surface area (Å²) in [5, 5.41) is 8.53. The Morgan fingerprint density at radius 1 is 1.23 bits per heavy atom. The van der Waals surface area contributed by atoms with Crippen molar-refractivity contribution in [3.8, 4) is 11.3 Å². The Morgan fingerprint density at radius 3 is 2.87 bits per heavy atom. The Kier molecular flexibility index (Phi) is 5.33. The molecule has 4 aromatic rings. The summed E-state index contributed by atoms with van der Waals surface area (Å²) in [6.07, 6.45) is 5.37. The molecule has 1 N–H and O–H groups in total. The zero-order valence-electron chi connectivity index (χ0n) is 16.7. The van der Waals surface area contributed by atoms with E-state index >= 15 is 0 Å². The van der Waals surface area contributed by atoms with E-state index in [0.29, 0.717) is 13.1 Å². The predicted octanol–water partition coefficient (Wildman–Crippen LogP) is 3.52. The summed E-state index contributed by atoms with van der Waals surface area (Å²) in [4.78, 5) is 24.5. The maximum absolute atomic E-state index is 13.2. The number of nitrogens with zero attached hydrogens (tertiary/aromatic N) is 5. The van der Waals surface area contributed by atoms with Gasteiger partial charge in [0.15, 0.2) is 0 Å². The molecule has 1 amide bonds. The van der Waals surface area contributed by atoms with E-state index < -0.39 is 0 Å². The molecule has 1 aliphatic rings. The van der Waals surface area contributed by atoms with Gasteiger partial charge < -0.3 is 10.2 Å². The molecule has 4 heterocycles. The number of benzene rings is 1. The van der Waals surface area contributed by atoms with E-state index in [9.17, 15) is 9.18 Å². The van der Waals surface area contributed by atoms with E-state index in [0.717, 1.165) is 46.4 Å². The third-order valence-electron chi connectivity index (χ3n) is 5.41. The molecule has 31 heavy (non-hydrogen) atoms. The lowest BCUT2D eigenvalue weighted by molar-refractivity contribution is -0.125. The van der Waals surface area contributed by atoms with Gasteiger partial charge in [0.25, 0.3) is 0 Å². The molecule has 0 unspecified atom stereocenters. The van der Waals surface area contributed by atoms with Crippen LogP contribution in [0.15, 0.2) is 54.9 Å². The highest BCUT2D eigenvalue weighted by Gasteiger charge is 2.28. The lowest BCUT2D eigenvalue weighted by atomic mass is 9.97. The van der Waals surface area contributed by atoms with Gasteiger partial charge in [-0.2, -0.15) is 0 Å². The van der Waals surface area contributed by atoms with Gasteiger partial charge in [-0.3, -0.25) is 9.78 Å². The molecule has 5 rings (SSSR count). The average Bonchev–Trinajstić information content (AvgIpc) is 3.38. The van der Waals surface area contributed by atoms with Crippen molar-refractivity contribution in [2.45, 2.75) is 19.4 Å². The smallest absolute Gasteiger partial charge is 0.225 e. The molecule has 1 aliphatic heterocycles. The normalized spacial score (nSPS) is 16.5. The van der Waals surface area contributed by atoms with Gasteiger partial charge in [0, 0.05) is 24.8 Å². The molecule has 0 radical (unpaired) electrons. The van der Waals surface area contributed by atoms with Crippen molar-refractivity contribution < 1.29 is 9.18 Å². The number of rotatable bonds is 5. The van der Waals surface area contributed by atoms with Crippen molar-refractivity contribution in [3.63, 3.8) is 0 Å². The first kappa shape index (κ1) is 19.6. The zero-order chi connectivity index (χ0) is 21.2. The van der Waals surface area contributed by atoms with Crippen LogP contribution < -0.4 is 10.2 Å². The first-order chi connectivity index (χ1) is 15.2. The first-order valence-corrected chi connectivity index (χ1v) is 11.0. The van der Waals surface area contributed by atoms with Gasteiger partial charge >= 0.3 is 0 Å². The minimum Gasteiger partial charge on any atom is -0.350 e. The maximum Gasteiger partial charge on any atom is 0.225 e. The Labute approximate surface area is 182 Å². The first-order valence-electron chi connectivity index (χ1n) is 10.2. The SMILES string of the molecule is O=C(NCc1ccccn1)[C@H]1CCCN(c2nn3cc(-c4ccc(F)cc4)nc3s2)C1. The standard InChI is InChI=1S/C22H21FN6OS/c23-17-8-6-15(7-9-17)19-14-29-21(26-19)31-22(27-29)28-11-3-4-16(13-28)20(30)25-12-18-5-1-2-10-24-18/h1-2,5-10,14,16H,3-4,11-13H2,(H,25,30)/t16-/m0/s1. The second kappa shape index (κ2) is 8.43. The molecule has 1 fully saturated rings. The van der Waals surface area contributed by atoms with Crippen LogP contribution in [0.5, 0.6) is 0 Å². The quantitative estimate of drug-likeness (QED) is 0.518. The number of imidazole rings is 1. The Balaban J connectivity index is 1.25. The largest absolute Gasteiger partial charge is 0.350 e. The molecule has 7 nitrogen and oxygen atoms in total. The number of fused-ring (bicyclic) bond motifs is 1. The molecule has 9 heteroatoms. The van der Waals surface area contributed by atoms with Crippen LogP contribution in [0.1, 0.15) is 18.5 Å². The van der Waals surface area contributed by atoms with Crippen molar-refractivity contribution in [1.82, 2.24) is 24.9 Å². The van der Waals surface area contributed by atoms with E-state index in [1.807, 2.05) is 24.4 Å². The highest BCUT2D eigenvalue weighted by atomic mass is 32.1. The van der Waals surface area contributed by atoms with Gasteiger partial charge in [-0.1, -0.05) is 17.4 Å². The fourth-order valence-corrected chi connectivity index (χ4v) is 4.68. The number of aromatic nitrogens is 4. The Morgan fingerprint density at radius 2 is 2.10 bits per heavy atom. The molecule has 0 aliphatic carbocycles. The summed E-state index contributed by atoms with van der Waals surface area (Å²) < 4.78 is 14.9. The third-order valence-corrected chi connectivity index (χ3v) is 6.39. The van der Waals surface area contributed by atoms with Crippen LogP contribution >= 0.6 is 11.3 Å². The summed E-state index contributed by atoms with van der Waals surface area (Å²) in [6.45, 7) is 1.94. The molecule has 0 bridgehead atoms. The molecule has 1 aromatic carbocycles. The van der Waals surface area contributed by atoms with Crippen LogP contribution in [0.3, 0.4) is 0 Å². The van der Waals surface area contributed by atoms with Gasteiger partial charge in [-0.15, -0.1) is 5.10 Å². The van der Waals surface area contributed by atoms with Gasteiger partial charge in [0.05, 0.1) is 30.0 Å². The van der Waals surface area contributed by atoms with Crippen LogP contribution in [-0.2, 0) is 11.3 Å². The second-order valence-electron chi connectivity index (χ2n) is 7.57.